The molecule has 0 atom stereocenters. The molecule has 21 heavy (non-hydrogen) atoms. The molecule has 1 heterocycles. The van der Waals surface area contributed by atoms with E-state index in [9.17, 15) is 8.42 Å². The van der Waals surface area contributed by atoms with Gasteiger partial charge in [-0.15, -0.1) is 0 Å². The Kier molecular flexibility index (Phi) is 3.85. The Bertz CT molecular complexity index is 715. The highest BCUT2D eigenvalue weighted by atomic mass is 32.2. The van der Waals surface area contributed by atoms with Crippen LogP contribution < -0.4 is 10.0 Å². The van der Waals surface area contributed by atoms with Crippen LogP contribution in [0.2, 0.25) is 0 Å². The van der Waals surface area contributed by atoms with Crippen LogP contribution in [0.4, 0.5) is 5.95 Å². The van der Waals surface area contributed by atoms with Crippen molar-refractivity contribution in [2.24, 2.45) is 0 Å². The molecule has 110 valence electrons. The zero-order valence-corrected chi connectivity index (χ0v) is 12.2. The van der Waals surface area contributed by atoms with Crippen LogP contribution in [-0.2, 0) is 16.6 Å². The van der Waals surface area contributed by atoms with Crippen molar-refractivity contribution >= 4 is 16.0 Å². The van der Waals surface area contributed by atoms with E-state index in [4.69, 9.17) is 0 Å². The molecule has 1 aliphatic carbocycles. The SMILES string of the molecule is O=S(=O)(Nc1ncccn1)c1cccc(CNC2CC2)c1. The summed E-state index contributed by atoms with van der Waals surface area (Å²) in [5, 5.41) is 3.36. The highest BCUT2D eigenvalue weighted by molar-refractivity contribution is 7.92. The molecule has 0 amide bonds. The second kappa shape index (κ2) is 5.79. The number of hydrogen-bond acceptors (Lipinski definition) is 5. The Balaban J connectivity index is 1.76. The van der Waals surface area contributed by atoms with Crippen molar-refractivity contribution in [1.29, 1.82) is 0 Å². The molecule has 3 rings (SSSR count). The second-order valence-electron chi connectivity index (χ2n) is 4.98. The molecule has 2 N–H and O–H groups in total. The number of nitrogens with zero attached hydrogens (tertiary/aromatic N) is 2. The lowest BCUT2D eigenvalue weighted by molar-refractivity contribution is 0.600. The average Bonchev–Trinajstić information content (AvgIpc) is 3.30. The minimum absolute atomic E-state index is 0.0685. The van der Waals surface area contributed by atoms with Gasteiger partial charge in [0.05, 0.1) is 4.90 Å². The third-order valence-electron chi connectivity index (χ3n) is 3.17. The lowest BCUT2D eigenvalue weighted by atomic mass is 10.2. The molecule has 1 saturated carbocycles. The molecule has 0 bridgehead atoms. The molecule has 1 fully saturated rings. The van der Waals surface area contributed by atoms with Crippen LogP contribution in [0.5, 0.6) is 0 Å². The maximum absolute atomic E-state index is 12.3. The third kappa shape index (κ3) is 3.77. The molecular formula is C14H16N4O2S. The second-order valence-corrected chi connectivity index (χ2v) is 6.66. The van der Waals surface area contributed by atoms with Gasteiger partial charge in [-0.3, -0.25) is 0 Å². The first-order chi connectivity index (χ1) is 10.1. The fourth-order valence-electron chi connectivity index (χ4n) is 1.90. The van der Waals surface area contributed by atoms with Gasteiger partial charge in [0, 0.05) is 25.0 Å². The predicted molar refractivity (Wildman–Crippen MR) is 79.1 cm³/mol. The molecule has 6 nitrogen and oxygen atoms in total. The number of hydrogen-bond donors (Lipinski definition) is 2. The Hall–Kier alpha value is -1.99. The summed E-state index contributed by atoms with van der Waals surface area (Å²) in [6.07, 6.45) is 5.37. The topological polar surface area (TPSA) is 84.0 Å². The fourth-order valence-corrected chi connectivity index (χ4v) is 2.93. The van der Waals surface area contributed by atoms with E-state index in [1.54, 1.807) is 24.3 Å². The Morgan fingerprint density at radius 3 is 2.62 bits per heavy atom. The Morgan fingerprint density at radius 2 is 1.90 bits per heavy atom. The van der Waals surface area contributed by atoms with Crippen molar-refractivity contribution in [2.45, 2.75) is 30.3 Å². The summed E-state index contributed by atoms with van der Waals surface area (Å²) in [6, 6.07) is 9.09. The van der Waals surface area contributed by atoms with Crippen LogP contribution in [0.3, 0.4) is 0 Å². The van der Waals surface area contributed by atoms with E-state index < -0.39 is 10.0 Å². The molecule has 0 spiro atoms. The van der Waals surface area contributed by atoms with E-state index in [1.807, 2.05) is 6.07 Å². The molecule has 1 aromatic heterocycles. The highest BCUT2D eigenvalue weighted by Crippen LogP contribution is 2.20. The Labute approximate surface area is 123 Å². The minimum Gasteiger partial charge on any atom is -0.310 e. The lowest BCUT2D eigenvalue weighted by Crippen LogP contribution is -2.17. The van der Waals surface area contributed by atoms with Crippen LogP contribution in [0.25, 0.3) is 0 Å². The van der Waals surface area contributed by atoms with Crippen LogP contribution in [0.1, 0.15) is 18.4 Å². The van der Waals surface area contributed by atoms with Crippen molar-refractivity contribution in [3.05, 3.63) is 48.3 Å². The molecular weight excluding hydrogens is 288 g/mol. The van der Waals surface area contributed by atoms with Crippen molar-refractivity contribution in [3.8, 4) is 0 Å². The third-order valence-corrected chi connectivity index (χ3v) is 4.50. The first-order valence-corrected chi connectivity index (χ1v) is 8.24. The quantitative estimate of drug-likeness (QED) is 0.845. The zero-order chi connectivity index (χ0) is 14.7. The largest absolute Gasteiger partial charge is 0.310 e. The number of nitrogens with one attached hydrogen (secondary N) is 2. The normalized spacial score (nSPS) is 14.9. The lowest BCUT2D eigenvalue weighted by Gasteiger charge is -2.08. The Morgan fingerprint density at radius 1 is 1.14 bits per heavy atom. The molecule has 0 saturated heterocycles. The van der Waals surface area contributed by atoms with E-state index in [-0.39, 0.29) is 10.8 Å². The van der Waals surface area contributed by atoms with Gasteiger partial charge in [0.25, 0.3) is 10.0 Å². The van der Waals surface area contributed by atoms with E-state index in [2.05, 4.69) is 20.0 Å². The van der Waals surface area contributed by atoms with E-state index >= 15 is 0 Å². The van der Waals surface area contributed by atoms with Gasteiger partial charge < -0.3 is 5.32 Å². The van der Waals surface area contributed by atoms with Crippen LogP contribution >= 0.6 is 0 Å². The van der Waals surface area contributed by atoms with Crippen molar-refractivity contribution in [1.82, 2.24) is 15.3 Å². The van der Waals surface area contributed by atoms with Gasteiger partial charge in [-0.05, 0) is 36.6 Å². The van der Waals surface area contributed by atoms with Gasteiger partial charge in [-0.25, -0.2) is 23.1 Å². The van der Waals surface area contributed by atoms with Crippen LogP contribution in [-0.4, -0.2) is 24.4 Å². The predicted octanol–water partition coefficient (Wildman–Crippen LogP) is 1.53. The van der Waals surface area contributed by atoms with Gasteiger partial charge in [0.2, 0.25) is 5.95 Å². The van der Waals surface area contributed by atoms with E-state index in [1.165, 1.54) is 25.2 Å². The standard InChI is InChI=1S/C14H16N4O2S/c19-21(20,18-14-15-7-2-8-16-14)13-4-1-3-11(9-13)10-17-12-5-6-12/h1-4,7-9,12,17H,5-6,10H2,(H,15,16,18). The summed E-state index contributed by atoms with van der Waals surface area (Å²) in [4.78, 5) is 7.94. The summed E-state index contributed by atoms with van der Waals surface area (Å²) in [6.45, 7) is 0.676. The monoisotopic (exact) mass is 304 g/mol. The van der Waals surface area contributed by atoms with E-state index in [0.29, 0.717) is 12.6 Å². The molecule has 7 heteroatoms. The average molecular weight is 304 g/mol. The van der Waals surface area contributed by atoms with Crippen LogP contribution in [0, 0.1) is 0 Å². The van der Waals surface area contributed by atoms with E-state index in [0.717, 1.165) is 5.56 Å². The summed E-state index contributed by atoms with van der Waals surface area (Å²) in [5.41, 5.74) is 0.943. The number of rotatable bonds is 6. The summed E-state index contributed by atoms with van der Waals surface area (Å²) >= 11 is 0. The van der Waals surface area contributed by atoms with Gasteiger partial charge >= 0.3 is 0 Å². The van der Waals surface area contributed by atoms with Gasteiger partial charge in [0.15, 0.2) is 0 Å². The van der Waals surface area contributed by atoms with Crippen molar-refractivity contribution in [3.63, 3.8) is 0 Å². The number of aromatic nitrogens is 2. The molecule has 0 unspecified atom stereocenters. The number of anilines is 1. The maximum Gasteiger partial charge on any atom is 0.264 e. The zero-order valence-electron chi connectivity index (χ0n) is 11.4. The van der Waals surface area contributed by atoms with Crippen molar-refractivity contribution < 1.29 is 8.42 Å². The highest BCUT2D eigenvalue weighted by Gasteiger charge is 2.20. The van der Waals surface area contributed by atoms with Crippen LogP contribution in [0.15, 0.2) is 47.6 Å². The first kappa shape index (κ1) is 14.0. The summed E-state index contributed by atoms with van der Waals surface area (Å²) in [5.74, 6) is 0.0685. The van der Waals surface area contributed by atoms with Gasteiger partial charge in [-0.1, -0.05) is 12.1 Å². The smallest absolute Gasteiger partial charge is 0.264 e. The summed E-state index contributed by atoms with van der Waals surface area (Å²) < 4.78 is 27.0. The first-order valence-electron chi connectivity index (χ1n) is 6.76. The van der Waals surface area contributed by atoms with Gasteiger partial charge in [-0.2, -0.15) is 0 Å². The molecule has 0 aliphatic heterocycles. The minimum atomic E-state index is -3.66. The van der Waals surface area contributed by atoms with Crippen molar-refractivity contribution in [2.75, 3.05) is 4.72 Å². The fraction of sp³-hybridized carbons (Fsp3) is 0.286. The molecule has 1 aliphatic rings. The maximum atomic E-state index is 12.3. The number of benzene rings is 1. The molecule has 1 aromatic carbocycles. The summed E-state index contributed by atoms with van der Waals surface area (Å²) in [7, 11) is -3.66. The number of sulfonamides is 1. The molecule has 2 aromatic rings. The van der Waals surface area contributed by atoms with Gasteiger partial charge in [0.1, 0.15) is 0 Å². The molecule has 0 radical (unpaired) electrons.